The molecule has 0 aliphatic rings. The Morgan fingerprint density at radius 3 is 2.32 bits per heavy atom. The van der Waals surface area contributed by atoms with E-state index >= 15 is 0 Å². The first kappa shape index (κ1) is 15.5. The zero-order chi connectivity index (χ0) is 16.1. The van der Waals surface area contributed by atoms with Crippen molar-refractivity contribution in [2.24, 2.45) is 0 Å². The van der Waals surface area contributed by atoms with Gasteiger partial charge >= 0.3 is 0 Å². The highest BCUT2D eigenvalue weighted by Gasteiger charge is 2.12. The molecule has 0 aliphatic heterocycles. The molecule has 0 N–H and O–H groups in total. The van der Waals surface area contributed by atoms with Crippen LogP contribution in [0.3, 0.4) is 0 Å². The molecule has 0 saturated heterocycles. The summed E-state index contributed by atoms with van der Waals surface area (Å²) in [5.74, 6) is 0.386. The molecule has 0 fully saturated rings. The van der Waals surface area contributed by atoms with Crippen LogP contribution in [-0.4, -0.2) is 12.9 Å². The SMILES string of the molecule is COc1ccc(C(=O)/C(C#N)=C/c2ccc(C)c(C)c2)cc1. The van der Waals surface area contributed by atoms with Crippen molar-refractivity contribution >= 4 is 11.9 Å². The predicted octanol–water partition coefficient (Wildman–Crippen LogP) is 4.10. The summed E-state index contributed by atoms with van der Waals surface area (Å²) in [6, 6.07) is 14.6. The summed E-state index contributed by atoms with van der Waals surface area (Å²) in [6.07, 6.45) is 1.62. The van der Waals surface area contributed by atoms with Gasteiger partial charge in [0.2, 0.25) is 5.78 Å². The average molecular weight is 291 g/mol. The van der Waals surface area contributed by atoms with Crippen LogP contribution < -0.4 is 4.74 Å². The Kier molecular flexibility index (Phi) is 4.75. The van der Waals surface area contributed by atoms with Crippen LogP contribution in [0.4, 0.5) is 0 Å². The number of ether oxygens (including phenoxy) is 1. The molecular weight excluding hydrogens is 274 g/mol. The number of hydrogen-bond donors (Lipinski definition) is 0. The maximum atomic E-state index is 12.4. The standard InChI is InChI=1S/C19H17NO2/c1-13-4-5-15(10-14(13)2)11-17(12-20)19(21)16-6-8-18(22-3)9-7-16/h4-11H,1-3H3/b17-11+. The molecule has 0 amide bonds. The topological polar surface area (TPSA) is 50.1 Å². The molecule has 3 nitrogen and oxygen atoms in total. The van der Waals surface area contributed by atoms with Gasteiger partial charge in [-0.2, -0.15) is 5.26 Å². The summed E-state index contributed by atoms with van der Waals surface area (Å²) in [6.45, 7) is 4.03. The molecule has 0 heterocycles. The van der Waals surface area contributed by atoms with Crippen molar-refractivity contribution in [3.8, 4) is 11.8 Å². The minimum Gasteiger partial charge on any atom is -0.497 e. The second kappa shape index (κ2) is 6.73. The van der Waals surface area contributed by atoms with Crippen molar-refractivity contribution in [2.75, 3.05) is 7.11 Å². The first-order valence-corrected chi connectivity index (χ1v) is 6.93. The van der Waals surface area contributed by atoms with Gasteiger partial charge in [-0.3, -0.25) is 4.79 Å². The predicted molar refractivity (Wildman–Crippen MR) is 86.8 cm³/mol. The fourth-order valence-corrected chi connectivity index (χ4v) is 2.07. The average Bonchev–Trinajstić information content (AvgIpc) is 2.55. The van der Waals surface area contributed by atoms with Crippen LogP contribution in [0.25, 0.3) is 6.08 Å². The van der Waals surface area contributed by atoms with E-state index in [-0.39, 0.29) is 11.4 Å². The molecule has 0 radical (unpaired) electrons. The molecular formula is C19H17NO2. The number of Topliss-reactive ketones (excluding diaryl/α,β-unsaturated/α-hetero) is 1. The highest BCUT2D eigenvalue weighted by Crippen LogP contribution is 2.17. The van der Waals surface area contributed by atoms with Gasteiger partial charge in [-0.05, 0) is 60.9 Å². The summed E-state index contributed by atoms with van der Waals surface area (Å²) in [5, 5.41) is 9.28. The number of carbonyl (C=O) groups excluding carboxylic acids is 1. The monoisotopic (exact) mass is 291 g/mol. The number of rotatable bonds is 4. The molecule has 0 spiro atoms. The lowest BCUT2D eigenvalue weighted by atomic mass is 10.00. The summed E-state index contributed by atoms with van der Waals surface area (Å²) >= 11 is 0. The van der Waals surface area contributed by atoms with Gasteiger partial charge in [0.25, 0.3) is 0 Å². The Labute approximate surface area is 130 Å². The van der Waals surface area contributed by atoms with Gasteiger partial charge in [0, 0.05) is 5.56 Å². The van der Waals surface area contributed by atoms with Crippen LogP contribution in [-0.2, 0) is 0 Å². The Balaban J connectivity index is 2.33. The van der Waals surface area contributed by atoms with Crippen molar-refractivity contribution in [3.05, 3.63) is 70.3 Å². The molecule has 0 aromatic heterocycles. The minimum absolute atomic E-state index is 0.119. The summed E-state index contributed by atoms with van der Waals surface area (Å²) < 4.78 is 5.06. The highest BCUT2D eigenvalue weighted by molar-refractivity contribution is 6.14. The molecule has 3 heteroatoms. The summed E-state index contributed by atoms with van der Waals surface area (Å²) in [7, 11) is 1.57. The van der Waals surface area contributed by atoms with Gasteiger partial charge in [0.05, 0.1) is 7.11 Å². The molecule has 2 aromatic carbocycles. The Morgan fingerprint density at radius 1 is 1.09 bits per heavy atom. The lowest BCUT2D eigenvalue weighted by Gasteiger charge is -2.04. The Bertz CT molecular complexity index is 765. The number of nitrogens with zero attached hydrogens (tertiary/aromatic N) is 1. The van der Waals surface area contributed by atoms with Crippen molar-refractivity contribution < 1.29 is 9.53 Å². The van der Waals surface area contributed by atoms with E-state index in [0.29, 0.717) is 11.3 Å². The Morgan fingerprint density at radius 2 is 1.77 bits per heavy atom. The van der Waals surface area contributed by atoms with Crippen molar-refractivity contribution in [2.45, 2.75) is 13.8 Å². The zero-order valence-corrected chi connectivity index (χ0v) is 12.9. The number of aryl methyl sites for hydroxylation is 2. The lowest BCUT2D eigenvalue weighted by molar-refractivity contribution is 0.104. The van der Waals surface area contributed by atoms with Crippen LogP contribution in [0.15, 0.2) is 48.0 Å². The number of methoxy groups -OCH3 is 1. The first-order chi connectivity index (χ1) is 10.5. The van der Waals surface area contributed by atoms with Crippen molar-refractivity contribution in [3.63, 3.8) is 0 Å². The van der Waals surface area contributed by atoms with E-state index in [4.69, 9.17) is 4.74 Å². The first-order valence-electron chi connectivity index (χ1n) is 6.93. The number of benzene rings is 2. The van der Waals surface area contributed by atoms with E-state index in [9.17, 15) is 10.1 Å². The molecule has 110 valence electrons. The number of hydrogen-bond acceptors (Lipinski definition) is 3. The molecule has 0 aliphatic carbocycles. The Hall–Kier alpha value is -2.86. The third kappa shape index (κ3) is 3.42. The lowest BCUT2D eigenvalue weighted by Crippen LogP contribution is -2.02. The van der Waals surface area contributed by atoms with Gasteiger partial charge in [0.1, 0.15) is 17.4 Å². The third-order valence-electron chi connectivity index (χ3n) is 3.56. The largest absolute Gasteiger partial charge is 0.497 e. The van der Waals surface area contributed by atoms with Crippen LogP contribution in [0.2, 0.25) is 0 Å². The smallest absolute Gasteiger partial charge is 0.203 e. The van der Waals surface area contributed by atoms with E-state index in [1.165, 1.54) is 5.56 Å². The molecule has 0 atom stereocenters. The minimum atomic E-state index is -0.289. The van der Waals surface area contributed by atoms with Crippen molar-refractivity contribution in [1.82, 2.24) is 0 Å². The molecule has 2 aromatic rings. The van der Waals surface area contributed by atoms with Crippen LogP contribution in [0.1, 0.15) is 27.0 Å². The van der Waals surface area contributed by atoms with Gasteiger partial charge in [-0.15, -0.1) is 0 Å². The van der Waals surface area contributed by atoms with Crippen LogP contribution in [0, 0.1) is 25.2 Å². The van der Waals surface area contributed by atoms with E-state index in [1.54, 1.807) is 37.5 Å². The molecule has 0 saturated carbocycles. The second-order valence-electron chi connectivity index (χ2n) is 5.07. The zero-order valence-electron chi connectivity index (χ0n) is 12.9. The number of ketones is 1. The van der Waals surface area contributed by atoms with E-state index in [1.807, 2.05) is 38.1 Å². The number of nitriles is 1. The second-order valence-corrected chi connectivity index (χ2v) is 5.07. The normalized spacial score (nSPS) is 10.9. The molecule has 0 bridgehead atoms. The van der Waals surface area contributed by atoms with E-state index in [0.717, 1.165) is 11.1 Å². The molecule has 2 rings (SSSR count). The maximum absolute atomic E-state index is 12.4. The third-order valence-corrected chi connectivity index (χ3v) is 3.56. The van der Waals surface area contributed by atoms with Gasteiger partial charge in [0.15, 0.2) is 0 Å². The van der Waals surface area contributed by atoms with E-state index in [2.05, 4.69) is 0 Å². The van der Waals surface area contributed by atoms with Crippen molar-refractivity contribution in [1.29, 1.82) is 5.26 Å². The number of carbonyl (C=O) groups is 1. The van der Waals surface area contributed by atoms with Gasteiger partial charge in [-0.25, -0.2) is 0 Å². The number of allylic oxidation sites excluding steroid dienone is 1. The fraction of sp³-hybridized carbons (Fsp3) is 0.158. The van der Waals surface area contributed by atoms with Gasteiger partial charge < -0.3 is 4.74 Å². The highest BCUT2D eigenvalue weighted by atomic mass is 16.5. The maximum Gasteiger partial charge on any atom is 0.203 e. The quantitative estimate of drug-likeness (QED) is 0.484. The molecule has 0 unspecified atom stereocenters. The van der Waals surface area contributed by atoms with Crippen LogP contribution in [0.5, 0.6) is 5.75 Å². The van der Waals surface area contributed by atoms with Gasteiger partial charge in [-0.1, -0.05) is 18.2 Å². The van der Waals surface area contributed by atoms with E-state index < -0.39 is 0 Å². The summed E-state index contributed by atoms with van der Waals surface area (Å²) in [5.41, 5.74) is 3.74. The van der Waals surface area contributed by atoms with Crippen LogP contribution >= 0.6 is 0 Å². The molecule has 22 heavy (non-hydrogen) atoms. The summed E-state index contributed by atoms with van der Waals surface area (Å²) in [4.78, 5) is 12.4. The fourth-order valence-electron chi connectivity index (χ4n) is 2.07.